The van der Waals surface area contributed by atoms with E-state index in [4.69, 9.17) is 31.1 Å². The van der Waals surface area contributed by atoms with E-state index in [1.54, 1.807) is 18.2 Å². The third kappa shape index (κ3) is 8.89. The smallest absolute Gasteiger partial charge is 0.416 e. The van der Waals surface area contributed by atoms with Crippen LogP contribution in [-0.2, 0) is 26.2 Å². The van der Waals surface area contributed by atoms with E-state index in [0.717, 1.165) is 17.7 Å². The number of hydrogen-bond donors (Lipinski definition) is 2. The van der Waals surface area contributed by atoms with Gasteiger partial charge in [0, 0.05) is 25.1 Å². The number of hydrogen-bond acceptors (Lipinski definition) is 6. The molecule has 0 fully saturated rings. The SMILES string of the molecule is COP(=O)(/C=C/C(N)(CO)CCCc1ccc(Oc2ccc(C(F)(F)F)cc2)cc1Cl)OC.Cl. The van der Waals surface area contributed by atoms with E-state index in [-0.39, 0.29) is 24.8 Å². The Morgan fingerprint density at radius 3 is 2.18 bits per heavy atom. The van der Waals surface area contributed by atoms with E-state index in [0.29, 0.717) is 30.0 Å². The highest BCUT2D eigenvalue weighted by Gasteiger charge is 2.30. The predicted molar refractivity (Wildman–Crippen MR) is 128 cm³/mol. The van der Waals surface area contributed by atoms with Crippen molar-refractivity contribution in [2.45, 2.75) is 31.0 Å². The number of halogens is 5. The molecule has 0 aromatic heterocycles. The molecule has 0 aliphatic heterocycles. The van der Waals surface area contributed by atoms with Gasteiger partial charge < -0.3 is 24.6 Å². The summed E-state index contributed by atoms with van der Waals surface area (Å²) in [5.74, 6) is 1.85. The molecule has 0 aliphatic rings. The standard InChI is InChI=1S/C22H26ClF3NO5P.ClH/c1-30-33(29,31-2)13-12-21(27,15-28)11-3-4-16-5-8-19(14-20(16)23)32-18-9-6-17(7-10-18)22(24,25)26;/h5-10,12-14,28H,3-4,11,15,27H2,1-2H3;1H/b13-12+;. The fourth-order valence-electron chi connectivity index (χ4n) is 2.90. The van der Waals surface area contributed by atoms with Crippen molar-refractivity contribution in [3.05, 3.63) is 70.5 Å². The second-order valence-electron chi connectivity index (χ2n) is 7.34. The summed E-state index contributed by atoms with van der Waals surface area (Å²) < 4.78 is 65.3. The number of aryl methyl sites for hydroxylation is 1. The van der Waals surface area contributed by atoms with Crippen LogP contribution in [0.25, 0.3) is 0 Å². The van der Waals surface area contributed by atoms with Gasteiger partial charge in [-0.2, -0.15) is 13.2 Å². The van der Waals surface area contributed by atoms with Gasteiger partial charge in [0.1, 0.15) is 11.5 Å². The van der Waals surface area contributed by atoms with Crippen LogP contribution in [0.4, 0.5) is 13.2 Å². The van der Waals surface area contributed by atoms with Crippen LogP contribution in [0.2, 0.25) is 5.02 Å². The topological polar surface area (TPSA) is 91.0 Å². The summed E-state index contributed by atoms with van der Waals surface area (Å²) in [6, 6.07) is 9.34. The van der Waals surface area contributed by atoms with Crippen LogP contribution >= 0.6 is 31.6 Å². The zero-order valence-corrected chi connectivity index (χ0v) is 21.0. The third-order valence-electron chi connectivity index (χ3n) is 4.92. The van der Waals surface area contributed by atoms with Crippen molar-refractivity contribution in [3.63, 3.8) is 0 Å². The van der Waals surface area contributed by atoms with Crippen molar-refractivity contribution >= 4 is 31.6 Å². The molecule has 2 rings (SSSR count). The Morgan fingerprint density at radius 1 is 1.09 bits per heavy atom. The van der Waals surface area contributed by atoms with E-state index >= 15 is 0 Å². The predicted octanol–water partition coefficient (Wildman–Crippen LogP) is 6.59. The average Bonchev–Trinajstić information content (AvgIpc) is 2.79. The Kier molecular flexibility index (Phi) is 11.6. The molecule has 0 amide bonds. The van der Waals surface area contributed by atoms with Crippen molar-refractivity contribution in [1.82, 2.24) is 0 Å². The molecule has 0 aliphatic carbocycles. The first-order valence-corrected chi connectivity index (χ1v) is 11.9. The number of alkyl halides is 3. The molecule has 3 N–H and O–H groups in total. The normalized spacial score (nSPS) is 14.0. The van der Waals surface area contributed by atoms with Gasteiger partial charge in [-0.3, -0.25) is 4.57 Å². The van der Waals surface area contributed by atoms with Crippen molar-refractivity contribution in [2.75, 3.05) is 20.8 Å². The van der Waals surface area contributed by atoms with E-state index in [1.165, 1.54) is 38.2 Å². The van der Waals surface area contributed by atoms with Crippen molar-refractivity contribution in [1.29, 1.82) is 0 Å². The van der Waals surface area contributed by atoms with E-state index in [9.17, 15) is 22.8 Å². The van der Waals surface area contributed by atoms with Gasteiger partial charge in [-0.15, -0.1) is 12.4 Å². The molecule has 34 heavy (non-hydrogen) atoms. The number of benzene rings is 2. The Morgan fingerprint density at radius 2 is 1.68 bits per heavy atom. The summed E-state index contributed by atoms with van der Waals surface area (Å²) in [6.07, 6.45) is -1.52. The summed E-state index contributed by atoms with van der Waals surface area (Å²) >= 11 is 6.33. The van der Waals surface area contributed by atoms with Gasteiger partial charge >= 0.3 is 13.8 Å². The number of rotatable bonds is 11. The molecule has 12 heteroatoms. The molecule has 6 nitrogen and oxygen atoms in total. The maximum absolute atomic E-state index is 12.7. The Hall–Kier alpha value is -1.58. The molecule has 190 valence electrons. The Labute approximate surface area is 207 Å². The fraction of sp³-hybridized carbons (Fsp3) is 0.364. The maximum Gasteiger partial charge on any atom is 0.416 e. The minimum atomic E-state index is -4.41. The molecule has 0 saturated heterocycles. The zero-order valence-electron chi connectivity index (χ0n) is 18.5. The first-order chi connectivity index (χ1) is 15.4. The minimum Gasteiger partial charge on any atom is -0.457 e. The lowest BCUT2D eigenvalue weighted by Gasteiger charge is -2.24. The van der Waals surface area contributed by atoms with Crippen LogP contribution in [0.3, 0.4) is 0 Å². The highest BCUT2D eigenvalue weighted by Crippen LogP contribution is 2.48. The molecular weight excluding hydrogens is 517 g/mol. The van der Waals surface area contributed by atoms with Crippen LogP contribution < -0.4 is 10.5 Å². The van der Waals surface area contributed by atoms with Gasteiger partial charge in [-0.05, 0) is 61.2 Å². The van der Waals surface area contributed by atoms with Crippen molar-refractivity contribution in [3.8, 4) is 11.5 Å². The van der Waals surface area contributed by atoms with Crippen LogP contribution in [-0.4, -0.2) is 31.5 Å². The number of aliphatic hydroxyl groups excluding tert-OH is 1. The summed E-state index contributed by atoms with van der Waals surface area (Å²) in [4.78, 5) is 0. The minimum absolute atomic E-state index is 0. The fourth-order valence-corrected chi connectivity index (χ4v) is 4.04. The Bertz CT molecular complexity index is 997. The zero-order chi connectivity index (χ0) is 24.7. The monoisotopic (exact) mass is 543 g/mol. The molecule has 0 spiro atoms. The van der Waals surface area contributed by atoms with E-state index in [2.05, 4.69) is 0 Å². The molecule has 1 atom stereocenters. The lowest BCUT2D eigenvalue weighted by molar-refractivity contribution is -0.137. The van der Waals surface area contributed by atoms with Gasteiger partial charge in [0.2, 0.25) is 0 Å². The van der Waals surface area contributed by atoms with Crippen LogP contribution in [0, 0.1) is 0 Å². The number of ether oxygens (including phenoxy) is 1. The summed E-state index contributed by atoms with van der Waals surface area (Å²) in [7, 11) is -0.900. The van der Waals surface area contributed by atoms with Gasteiger partial charge in [0.15, 0.2) is 0 Å². The molecule has 0 saturated carbocycles. The molecule has 0 bridgehead atoms. The lowest BCUT2D eigenvalue weighted by Crippen LogP contribution is -2.41. The second-order valence-corrected chi connectivity index (χ2v) is 9.86. The van der Waals surface area contributed by atoms with Gasteiger partial charge in [0.05, 0.1) is 17.7 Å². The van der Waals surface area contributed by atoms with Crippen molar-refractivity contribution < 1.29 is 36.6 Å². The third-order valence-corrected chi connectivity index (χ3v) is 6.81. The first kappa shape index (κ1) is 30.5. The van der Waals surface area contributed by atoms with E-state index in [1.807, 2.05) is 0 Å². The maximum atomic E-state index is 12.7. The molecule has 0 radical (unpaired) electrons. The summed E-state index contributed by atoms with van der Waals surface area (Å²) in [5.41, 5.74) is 5.10. The second kappa shape index (κ2) is 12.9. The Balaban J connectivity index is 0.00000578. The van der Waals surface area contributed by atoms with Crippen molar-refractivity contribution in [2.24, 2.45) is 5.73 Å². The largest absolute Gasteiger partial charge is 0.457 e. The van der Waals surface area contributed by atoms with Crippen LogP contribution in [0.15, 0.2) is 54.4 Å². The highest BCUT2D eigenvalue weighted by molar-refractivity contribution is 7.57. The van der Waals surface area contributed by atoms with Gasteiger partial charge in [-0.1, -0.05) is 23.7 Å². The van der Waals surface area contributed by atoms with E-state index < -0.39 is 24.9 Å². The molecule has 2 aromatic carbocycles. The molecular formula is C22H27Cl2F3NO5P. The quantitative estimate of drug-likeness (QED) is 0.311. The number of nitrogens with two attached hydrogens (primary N) is 1. The molecule has 1 unspecified atom stereocenters. The van der Waals surface area contributed by atoms with Crippen LogP contribution in [0.1, 0.15) is 24.0 Å². The first-order valence-electron chi connectivity index (χ1n) is 9.88. The summed E-state index contributed by atoms with van der Waals surface area (Å²) in [5, 5.41) is 10.1. The average molecular weight is 544 g/mol. The lowest BCUT2D eigenvalue weighted by atomic mass is 9.93. The van der Waals surface area contributed by atoms with Gasteiger partial charge in [0.25, 0.3) is 0 Å². The van der Waals surface area contributed by atoms with Crippen LogP contribution in [0.5, 0.6) is 11.5 Å². The summed E-state index contributed by atoms with van der Waals surface area (Å²) in [6.45, 7) is -0.370. The van der Waals surface area contributed by atoms with Gasteiger partial charge in [-0.25, -0.2) is 0 Å². The highest BCUT2D eigenvalue weighted by atomic mass is 35.5. The number of aliphatic hydroxyl groups is 1. The molecule has 0 heterocycles. The molecule has 2 aromatic rings.